The fraction of sp³-hybridized carbons (Fsp3) is 0.533. The zero-order valence-electron chi connectivity index (χ0n) is 11.8. The van der Waals surface area contributed by atoms with E-state index < -0.39 is 0 Å². The van der Waals surface area contributed by atoms with Gasteiger partial charge in [0.25, 0.3) is 0 Å². The molecule has 0 bridgehead atoms. The highest BCUT2D eigenvalue weighted by Gasteiger charge is 2.39. The monoisotopic (exact) mass is 362 g/mol. The quantitative estimate of drug-likeness (QED) is 0.609. The molecule has 2 atom stereocenters. The van der Waals surface area contributed by atoms with Gasteiger partial charge in [-0.15, -0.1) is 0 Å². The Kier molecular flexibility index (Phi) is 4.66. The fourth-order valence-electron chi connectivity index (χ4n) is 3.15. The number of nitrogens with one attached hydrogen (secondary N) is 1. The average Bonchev–Trinajstić information content (AvgIpc) is 2.78. The van der Waals surface area contributed by atoms with Crippen molar-refractivity contribution in [2.24, 2.45) is 10.9 Å². The van der Waals surface area contributed by atoms with Gasteiger partial charge in [0.15, 0.2) is 5.17 Å². The number of hydrogen-bond donors (Lipinski definition) is 1. The number of aliphatic imine (C=N–C) groups is 1. The van der Waals surface area contributed by atoms with E-state index in [1.165, 1.54) is 25.7 Å². The Morgan fingerprint density at radius 1 is 1.24 bits per heavy atom. The molecule has 114 valence electrons. The molecule has 1 fully saturated rings. The molecule has 0 aromatic heterocycles. The van der Waals surface area contributed by atoms with Crippen molar-refractivity contribution in [3.63, 3.8) is 0 Å². The summed E-state index contributed by atoms with van der Waals surface area (Å²) in [4.78, 5) is 4.95. The Labute approximate surface area is 144 Å². The zero-order chi connectivity index (χ0) is 15.0. The van der Waals surface area contributed by atoms with Crippen molar-refractivity contribution in [3.05, 3.63) is 27.2 Å². The first kappa shape index (κ1) is 15.8. The molecule has 0 saturated heterocycles. The first-order valence-corrected chi connectivity index (χ1v) is 9.24. The molecule has 1 spiro atoms. The summed E-state index contributed by atoms with van der Waals surface area (Å²) in [6, 6.07) is 3.41. The summed E-state index contributed by atoms with van der Waals surface area (Å²) in [7, 11) is 0. The maximum atomic E-state index is 6.21. The Morgan fingerprint density at radius 3 is 2.76 bits per heavy atom. The molecule has 3 rings (SSSR count). The summed E-state index contributed by atoms with van der Waals surface area (Å²) < 4.78 is 0. The van der Waals surface area contributed by atoms with Crippen molar-refractivity contribution in [2.75, 3.05) is 11.1 Å². The highest BCUT2D eigenvalue weighted by molar-refractivity contribution is 8.14. The maximum Gasteiger partial charge on any atom is 0.161 e. The fourth-order valence-corrected chi connectivity index (χ4v) is 4.91. The van der Waals surface area contributed by atoms with E-state index in [4.69, 9.17) is 39.8 Å². The van der Waals surface area contributed by atoms with Gasteiger partial charge in [0.05, 0.1) is 26.3 Å². The molecule has 6 heteroatoms. The minimum atomic E-state index is 0.118. The summed E-state index contributed by atoms with van der Waals surface area (Å²) in [5.41, 5.74) is 0.881. The van der Waals surface area contributed by atoms with Gasteiger partial charge in [0.2, 0.25) is 0 Å². The Balaban J connectivity index is 1.78. The molecule has 0 amide bonds. The number of thioether (sulfide) groups is 1. The summed E-state index contributed by atoms with van der Waals surface area (Å²) in [5.74, 6) is 1.81. The minimum Gasteiger partial charge on any atom is -0.334 e. The summed E-state index contributed by atoms with van der Waals surface area (Å²) >= 11 is 20.0. The van der Waals surface area contributed by atoms with Crippen LogP contribution < -0.4 is 5.32 Å². The normalized spacial score (nSPS) is 28.8. The SMILES string of the molecule is CC1CCCC2(CSC(Nc3cc(Cl)c(Cl)cc3Cl)=N2)C1. The van der Waals surface area contributed by atoms with Crippen LogP contribution in [0.4, 0.5) is 5.69 Å². The van der Waals surface area contributed by atoms with Crippen LogP contribution in [-0.4, -0.2) is 16.5 Å². The predicted molar refractivity (Wildman–Crippen MR) is 95.4 cm³/mol. The van der Waals surface area contributed by atoms with E-state index in [1.807, 2.05) is 0 Å². The van der Waals surface area contributed by atoms with Gasteiger partial charge in [0.1, 0.15) is 0 Å². The second-order valence-corrected chi connectivity index (χ2v) is 8.19. The van der Waals surface area contributed by atoms with Crippen LogP contribution in [0, 0.1) is 5.92 Å². The van der Waals surface area contributed by atoms with Crippen LogP contribution in [-0.2, 0) is 0 Å². The molecule has 1 heterocycles. The van der Waals surface area contributed by atoms with Gasteiger partial charge in [-0.3, -0.25) is 4.99 Å². The Bertz CT molecular complexity index is 591. The summed E-state index contributed by atoms with van der Waals surface area (Å²) in [5, 5.41) is 5.75. The van der Waals surface area contributed by atoms with Crippen molar-refractivity contribution >= 4 is 57.4 Å². The third-order valence-corrected chi connectivity index (χ3v) is 6.32. The van der Waals surface area contributed by atoms with E-state index in [1.54, 1.807) is 23.9 Å². The van der Waals surface area contributed by atoms with Crippen LogP contribution in [0.5, 0.6) is 0 Å². The molecule has 1 N–H and O–H groups in total. The van der Waals surface area contributed by atoms with E-state index in [2.05, 4.69) is 12.2 Å². The van der Waals surface area contributed by atoms with Crippen LogP contribution in [0.3, 0.4) is 0 Å². The molecule has 0 radical (unpaired) electrons. The van der Waals surface area contributed by atoms with Crippen molar-refractivity contribution in [1.29, 1.82) is 0 Å². The molecular weight excluding hydrogens is 347 g/mol. The molecule has 1 saturated carbocycles. The first-order chi connectivity index (χ1) is 9.97. The molecule has 1 aromatic carbocycles. The predicted octanol–water partition coefficient (Wildman–Crippen LogP) is 6.11. The number of halogens is 3. The third kappa shape index (κ3) is 3.47. The maximum absolute atomic E-state index is 6.21. The minimum absolute atomic E-state index is 0.118. The molecule has 2 aliphatic rings. The van der Waals surface area contributed by atoms with Gasteiger partial charge in [-0.05, 0) is 30.9 Å². The number of amidine groups is 1. The zero-order valence-corrected chi connectivity index (χ0v) is 14.8. The molecule has 2 nitrogen and oxygen atoms in total. The number of anilines is 1. The lowest BCUT2D eigenvalue weighted by atomic mass is 9.78. The number of nitrogens with zero attached hydrogens (tertiary/aromatic N) is 1. The van der Waals surface area contributed by atoms with Gasteiger partial charge in [-0.25, -0.2) is 0 Å². The smallest absolute Gasteiger partial charge is 0.161 e. The number of rotatable bonds is 1. The lowest BCUT2D eigenvalue weighted by molar-refractivity contribution is 0.266. The Morgan fingerprint density at radius 2 is 2.00 bits per heavy atom. The lowest BCUT2D eigenvalue weighted by Crippen LogP contribution is -2.33. The highest BCUT2D eigenvalue weighted by atomic mass is 35.5. The highest BCUT2D eigenvalue weighted by Crippen LogP contribution is 2.42. The van der Waals surface area contributed by atoms with E-state index in [0.717, 1.165) is 22.5 Å². The van der Waals surface area contributed by atoms with Crippen LogP contribution >= 0.6 is 46.6 Å². The lowest BCUT2D eigenvalue weighted by Gasteiger charge is -2.33. The van der Waals surface area contributed by atoms with Crippen molar-refractivity contribution in [3.8, 4) is 0 Å². The number of benzene rings is 1. The summed E-state index contributed by atoms with van der Waals surface area (Å²) in [6.45, 7) is 2.32. The van der Waals surface area contributed by atoms with Crippen LogP contribution in [0.15, 0.2) is 17.1 Å². The van der Waals surface area contributed by atoms with Crippen molar-refractivity contribution < 1.29 is 0 Å². The molecule has 1 aromatic rings. The second kappa shape index (κ2) is 6.19. The van der Waals surface area contributed by atoms with Gasteiger partial charge in [0, 0.05) is 5.75 Å². The molecule has 2 unspecified atom stereocenters. The van der Waals surface area contributed by atoms with E-state index in [-0.39, 0.29) is 5.54 Å². The van der Waals surface area contributed by atoms with Gasteiger partial charge >= 0.3 is 0 Å². The van der Waals surface area contributed by atoms with Crippen molar-refractivity contribution in [2.45, 2.75) is 38.1 Å². The van der Waals surface area contributed by atoms with Crippen LogP contribution in [0.1, 0.15) is 32.6 Å². The molecule has 1 aliphatic carbocycles. The van der Waals surface area contributed by atoms with Gasteiger partial charge in [-0.2, -0.15) is 0 Å². The van der Waals surface area contributed by atoms with E-state index in [0.29, 0.717) is 15.1 Å². The first-order valence-electron chi connectivity index (χ1n) is 7.12. The van der Waals surface area contributed by atoms with Crippen LogP contribution in [0.25, 0.3) is 0 Å². The molecule has 21 heavy (non-hydrogen) atoms. The molecular formula is C15H17Cl3N2S. The number of hydrogen-bond acceptors (Lipinski definition) is 3. The average molecular weight is 364 g/mol. The largest absolute Gasteiger partial charge is 0.334 e. The molecule has 1 aliphatic heterocycles. The van der Waals surface area contributed by atoms with E-state index >= 15 is 0 Å². The topological polar surface area (TPSA) is 24.4 Å². The standard InChI is InChI=1S/C15H17Cl3N2S/c1-9-3-2-4-15(7-9)8-21-14(20-15)19-13-6-11(17)10(16)5-12(13)18/h5-6,9H,2-4,7-8H2,1H3,(H,19,20). The van der Waals surface area contributed by atoms with Crippen molar-refractivity contribution in [1.82, 2.24) is 0 Å². The van der Waals surface area contributed by atoms with Gasteiger partial charge in [-0.1, -0.05) is 66.3 Å². The second-order valence-electron chi connectivity index (χ2n) is 6.00. The van der Waals surface area contributed by atoms with Gasteiger partial charge < -0.3 is 5.32 Å². The Hall–Kier alpha value is -0.0900. The summed E-state index contributed by atoms with van der Waals surface area (Å²) in [6.07, 6.45) is 4.96. The van der Waals surface area contributed by atoms with E-state index in [9.17, 15) is 0 Å². The third-order valence-electron chi connectivity index (χ3n) is 4.14. The van der Waals surface area contributed by atoms with Crippen LogP contribution in [0.2, 0.25) is 15.1 Å².